The maximum atomic E-state index is 15.3. The summed E-state index contributed by atoms with van der Waals surface area (Å²) in [5.74, 6) is -22.2. The van der Waals surface area contributed by atoms with Crippen LogP contribution in [0, 0.1) is 46.8 Å². The summed E-state index contributed by atoms with van der Waals surface area (Å²) >= 11 is 14.3. The third-order valence-corrected chi connectivity index (χ3v) is 12.7. The smallest absolute Gasteiger partial charge is 0.258 e. The van der Waals surface area contributed by atoms with E-state index in [2.05, 4.69) is 4.90 Å². The average Bonchev–Trinajstić information content (AvgIpc) is 3.51. The summed E-state index contributed by atoms with van der Waals surface area (Å²) in [5, 5.41) is 11.2. The largest absolute Gasteiger partial charge is 0.508 e. The summed E-state index contributed by atoms with van der Waals surface area (Å²) in [7, 11) is 1.30. The van der Waals surface area contributed by atoms with Crippen LogP contribution in [0.5, 0.6) is 11.5 Å². The zero-order chi connectivity index (χ0) is 38.6. The number of fused-ring (bicyclic) bond motifs is 4. The predicted octanol–water partition coefficient (Wildman–Crippen LogP) is 5.70. The van der Waals surface area contributed by atoms with E-state index in [4.69, 9.17) is 32.7 Å². The highest BCUT2D eigenvalue weighted by Gasteiger charge is 2.77. The van der Waals surface area contributed by atoms with E-state index in [0.29, 0.717) is 26.3 Å². The molecule has 17 heteroatoms. The lowest BCUT2D eigenvalue weighted by Crippen LogP contribution is -2.60. The first kappa shape index (κ1) is 36.3. The number of halogens is 7. The van der Waals surface area contributed by atoms with Gasteiger partial charge in [-0.05, 0) is 61.2 Å². The van der Waals surface area contributed by atoms with Crippen molar-refractivity contribution in [2.45, 2.75) is 28.5 Å². The van der Waals surface area contributed by atoms with Gasteiger partial charge in [-0.1, -0.05) is 11.6 Å². The van der Waals surface area contributed by atoms with Crippen molar-refractivity contribution in [2.75, 3.05) is 48.1 Å². The molecule has 1 N–H and O–H groups in total. The fraction of sp³-hybridized carbons (Fsp3) is 0.351. The van der Waals surface area contributed by atoms with Crippen LogP contribution in [0.15, 0.2) is 54.1 Å². The third kappa shape index (κ3) is 4.80. The summed E-state index contributed by atoms with van der Waals surface area (Å²) < 4.78 is 84.4. The monoisotopic (exact) mass is 791 g/mol. The number of aromatic hydroxyl groups is 1. The molecule has 3 aliphatic heterocycles. The third-order valence-electron chi connectivity index (χ3n) is 11.3. The highest BCUT2D eigenvalue weighted by molar-refractivity contribution is 6.58. The number of carbonyl (C=O) groups excluding carboxylic acids is 4. The summed E-state index contributed by atoms with van der Waals surface area (Å²) in [4.78, 5) is 54.6. The number of benzene rings is 3. The maximum Gasteiger partial charge on any atom is 0.258 e. The molecule has 6 unspecified atom stereocenters. The van der Waals surface area contributed by atoms with Gasteiger partial charge in [-0.3, -0.25) is 24.1 Å². The van der Waals surface area contributed by atoms with Crippen molar-refractivity contribution in [2.24, 2.45) is 17.8 Å². The molecule has 3 aromatic carbocycles. The number of hydrogen-bond acceptors (Lipinski definition) is 8. The molecule has 1 saturated carbocycles. The second-order valence-electron chi connectivity index (χ2n) is 13.7. The quantitative estimate of drug-likeness (QED) is 0.0875. The van der Waals surface area contributed by atoms with Gasteiger partial charge in [-0.2, -0.15) is 0 Å². The van der Waals surface area contributed by atoms with E-state index in [1.165, 1.54) is 25.3 Å². The molecule has 5 aliphatic rings. The van der Waals surface area contributed by atoms with E-state index < -0.39 is 104 Å². The number of ether oxygens (including phenoxy) is 2. The lowest BCUT2D eigenvalue weighted by atomic mass is 9.56. The van der Waals surface area contributed by atoms with E-state index in [9.17, 15) is 37.5 Å². The zero-order valence-corrected chi connectivity index (χ0v) is 29.6. The highest BCUT2D eigenvalue weighted by atomic mass is 35.5. The fourth-order valence-electron chi connectivity index (χ4n) is 8.69. The van der Waals surface area contributed by atoms with Crippen LogP contribution in [0.3, 0.4) is 0 Å². The lowest BCUT2D eigenvalue weighted by Gasteiger charge is -2.50. The zero-order valence-electron chi connectivity index (χ0n) is 28.1. The normalized spacial score (nSPS) is 29.3. The summed E-state index contributed by atoms with van der Waals surface area (Å²) in [6.07, 6.45) is 0.813. The second-order valence-corrected chi connectivity index (χ2v) is 15.0. The molecule has 2 aliphatic carbocycles. The number of methoxy groups -OCH3 is 1. The standard InChI is InChI=1S/C37H28Cl2F5N3O7/c1-53-18-6-9-23(48)21(14-18)25-19-7-8-20-24(33(50)46(32(20)49)17-4-2-16(3-5-17)45-10-12-54-13-11-45)22(19)15-36(38)34(51)47(35(52)37(25,36)39)31-29(43)27(41)26(40)28(42)30(31)44/h2-7,9,14,20,22,24-25,48H,8,10-13,15H2,1H3. The molecule has 4 fully saturated rings. The van der Waals surface area contributed by atoms with Crippen molar-refractivity contribution >= 4 is 63.9 Å². The Morgan fingerprint density at radius 3 is 2.04 bits per heavy atom. The molecule has 282 valence electrons. The number of allylic oxidation sites excluding steroid dienone is 2. The minimum atomic E-state index is -2.79. The van der Waals surface area contributed by atoms with E-state index in [1.807, 2.05) is 0 Å². The van der Waals surface area contributed by atoms with Gasteiger partial charge in [-0.25, -0.2) is 26.9 Å². The number of phenols is 1. The summed E-state index contributed by atoms with van der Waals surface area (Å²) in [6, 6.07) is 10.6. The number of alkyl halides is 2. The molecular weight excluding hydrogens is 764 g/mol. The number of nitrogens with zero attached hydrogens (tertiary/aromatic N) is 3. The van der Waals surface area contributed by atoms with Crippen molar-refractivity contribution in [3.8, 4) is 11.5 Å². The van der Waals surface area contributed by atoms with Crippen LogP contribution in [0.1, 0.15) is 24.3 Å². The van der Waals surface area contributed by atoms with Crippen LogP contribution in [0.25, 0.3) is 0 Å². The molecule has 3 saturated heterocycles. The summed E-state index contributed by atoms with van der Waals surface area (Å²) in [6.45, 7) is 2.38. The predicted molar refractivity (Wildman–Crippen MR) is 183 cm³/mol. The van der Waals surface area contributed by atoms with Crippen molar-refractivity contribution in [1.29, 1.82) is 0 Å². The van der Waals surface area contributed by atoms with Crippen molar-refractivity contribution in [3.05, 3.63) is 88.8 Å². The Bertz CT molecular complexity index is 2170. The van der Waals surface area contributed by atoms with Gasteiger partial charge in [0.2, 0.25) is 17.6 Å². The molecule has 8 rings (SSSR count). The van der Waals surface area contributed by atoms with Crippen molar-refractivity contribution in [3.63, 3.8) is 0 Å². The Morgan fingerprint density at radius 1 is 0.796 bits per heavy atom. The molecule has 10 nitrogen and oxygen atoms in total. The van der Waals surface area contributed by atoms with Gasteiger partial charge in [0.15, 0.2) is 33.0 Å². The second kappa shape index (κ2) is 12.7. The lowest BCUT2D eigenvalue weighted by molar-refractivity contribution is -0.125. The Hall–Kier alpha value is -4.73. The van der Waals surface area contributed by atoms with E-state index >= 15 is 8.78 Å². The number of amides is 4. The van der Waals surface area contributed by atoms with Crippen molar-refractivity contribution < 1.29 is 55.7 Å². The van der Waals surface area contributed by atoms with Crippen LogP contribution in [-0.2, 0) is 23.9 Å². The van der Waals surface area contributed by atoms with Crippen LogP contribution in [0.2, 0.25) is 0 Å². The first-order valence-corrected chi connectivity index (χ1v) is 17.6. The van der Waals surface area contributed by atoms with Crippen molar-refractivity contribution in [1.82, 2.24) is 0 Å². The molecule has 3 aromatic rings. The maximum absolute atomic E-state index is 15.3. The Balaban J connectivity index is 1.26. The van der Waals surface area contributed by atoms with E-state index in [0.717, 1.165) is 10.6 Å². The number of anilines is 3. The fourth-order valence-corrected chi connectivity index (χ4v) is 9.62. The van der Waals surface area contributed by atoms with Crippen LogP contribution >= 0.6 is 23.2 Å². The Labute approximate surface area is 313 Å². The molecular formula is C37H28Cl2F5N3O7. The molecule has 0 aromatic heterocycles. The highest BCUT2D eigenvalue weighted by Crippen LogP contribution is 2.67. The van der Waals surface area contributed by atoms with Crippen LogP contribution in [0.4, 0.5) is 39.0 Å². The van der Waals surface area contributed by atoms with E-state index in [1.54, 1.807) is 30.3 Å². The van der Waals surface area contributed by atoms with Crippen LogP contribution < -0.4 is 19.4 Å². The number of carbonyl (C=O) groups is 4. The molecule has 54 heavy (non-hydrogen) atoms. The molecule has 0 bridgehead atoms. The van der Waals surface area contributed by atoms with Gasteiger partial charge >= 0.3 is 0 Å². The molecule has 0 radical (unpaired) electrons. The first-order valence-electron chi connectivity index (χ1n) is 16.8. The van der Waals surface area contributed by atoms with Gasteiger partial charge in [0.25, 0.3) is 11.8 Å². The van der Waals surface area contributed by atoms with Gasteiger partial charge < -0.3 is 19.5 Å². The van der Waals surface area contributed by atoms with Gasteiger partial charge in [-0.15, -0.1) is 23.2 Å². The molecule has 3 heterocycles. The van der Waals surface area contributed by atoms with E-state index in [-0.39, 0.29) is 33.9 Å². The minimum Gasteiger partial charge on any atom is -0.508 e. The number of phenolic OH excluding ortho intramolecular Hbond substituents is 1. The minimum absolute atomic E-state index is 0.0591. The Morgan fingerprint density at radius 2 is 1.41 bits per heavy atom. The molecule has 0 spiro atoms. The number of rotatable bonds is 5. The molecule has 6 atom stereocenters. The SMILES string of the molecule is COc1ccc(O)c(C2C3=CCC4C(=O)N(c5ccc(N6CCOCC6)cc5)C(=O)C4C3CC3(Cl)C(=O)N(c4c(F)c(F)c(F)c(F)c4F)C(=O)C23Cl)c1. The van der Waals surface area contributed by atoms with Gasteiger partial charge in [0.1, 0.15) is 17.2 Å². The first-order chi connectivity index (χ1) is 25.7. The molecule has 4 amide bonds. The number of hydrogen-bond donors (Lipinski definition) is 1. The topological polar surface area (TPSA) is 117 Å². The van der Waals surface area contributed by atoms with Crippen LogP contribution in [-0.4, -0.2) is 71.9 Å². The number of morpholine rings is 1. The average molecular weight is 793 g/mol. The summed E-state index contributed by atoms with van der Waals surface area (Å²) in [5.41, 5.74) is -0.736. The Kier molecular flexibility index (Phi) is 8.51. The van der Waals surface area contributed by atoms with Gasteiger partial charge in [0, 0.05) is 30.3 Å². The number of imide groups is 2. The van der Waals surface area contributed by atoms with Gasteiger partial charge in [0.05, 0.1) is 37.8 Å².